The zero-order chi connectivity index (χ0) is 8.48. The third-order valence-corrected chi connectivity index (χ3v) is 1.69. The molecule has 1 atom stereocenters. The minimum Gasteiger partial charge on any atom is -0.376 e. The van der Waals surface area contributed by atoms with Gasteiger partial charge in [0.15, 0.2) is 0 Å². The van der Waals surface area contributed by atoms with Crippen LogP contribution in [0.1, 0.15) is 0 Å². The Balaban J connectivity index is 2.63. The summed E-state index contributed by atoms with van der Waals surface area (Å²) in [6.45, 7) is 0. The van der Waals surface area contributed by atoms with E-state index < -0.39 is 12.2 Å². The second-order valence-corrected chi connectivity index (χ2v) is 2.99. The van der Waals surface area contributed by atoms with Crippen LogP contribution in [0, 0.1) is 0 Å². The van der Waals surface area contributed by atoms with Crippen LogP contribution in [0.5, 0.6) is 0 Å². The smallest absolute Gasteiger partial charge is 0.376 e. The molecule has 0 spiro atoms. The first-order valence-corrected chi connectivity index (χ1v) is 3.66. The Morgan fingerprint density at radius 3 is 2.45 bits per heavy atom. The van der Waals surface area contributed by atoms with Crippen LogP contribution in [0.4, 0.5) is 13.2 Å². The fourth-order valence-electron chi connectivity index (χ4n) is 0.665. The number of hydrogen-bond acceptors (Lipinski definition) is 1. The van der Waals surface area contributed by atoms with Crippen molar-refractivity contribution >= 4 is 15.9 Å². The number of allylic oxidation sites excluding steroid dienone is 2. The molecule has 0 aromatic rings. The van der Waals surface area contributed by atoms with Gasteiger partial charge in [0.25, 0.3) is 0 Å². The molecule has 0 aromatic carbocycles. The maximum Gasteiger partial charge on any atom is 0.412 e. The molecule has 5 heteroatoms. The van der Waals surface area contributed by atoms with Gasteiger partial charge < -0.3 is 5.32 Å². The van der Waals surface area contributed by atoms with Gasteiger partial charge in [0.2, 0.25) is 0 Å². The number of alkyl halides is 3. The highest BCUT2D eigenvalue weighted by Gasteiger charge is 2.37. The van der Waals surface area contributed by atoms with Crippen molar-refractivity contribution in [1.82, 2.24) is 5.32 Å². The highest BCUT2D eigenvalue weighted by molar-refractivity contribution is 9.11. The van der Waals surface area contributed by atoms with Crippen molar-refractivity contribution in [1.29, 1.82) is 0 Å². The van der Waals surface area contributed by atoms with Gasteiger partial charge in [-0.1, -0.05) is 6.08 Å². The van der Waals surface area contributed by atoms with Crippen LogP contribution in [-0.4, -0.2) is 12.2 Å². The standard InChI is InChI=1S/C6H5BrF3N/c7-4-1-2-5(11-3-4)6(8,9)10/h1-3,5,11H. The van der Waals surface area contributed by atoms with Crippen molar-refractivity contribution in [2.75, 3.05) is 0 Å². The van der Waals surface area contributed by atoms with Crippen LogP contribution in [0.2, 0.25) is 0 Å². The minimum atomic E-state index is -4.21. The molecule has 0 bridgehead atoms. The molecule has 0 fully saturated rings. The molecule has 11 heavy (non-hydrogen) atoms. The van der Waals surface area contributed by atoms with Crippen molar-refractivity contribution in [3.05, 3.63) is 22.8 Å². The van der Waals surface area contributed by atoms with E-state index in [0.29, 0.717) is 4.48 Å². The topological polar surface area (TPSA) is 12.0 Å². The zero-order valence-electron chi connectivity index (χ0n) is 5.32. The van der Waals surface area contributed by atoms with E-state index in [1.165, 1.54) is 12.3 Å². The first-order chi connectivity index (χ1) is 5.00. The number of rotatable bonds is 0. The van der Waals surface area contributed by atoms with E-state index in [-0.39, 0.29) is 0 Å². The van der Waals surface area contributed by atoms with Crippen molar-refractivity contribution < 1.29 is 13.2 Å². The first kappa shape index (κ1) is 8.64. The molecular weight excluding hydrogens is 223 g/mol. The minimum absolute atomic E-state index is 0.609. The molecule has 1 unspecified atom stereocenters. The molecular formula is C6H5BrF3N. The maximum atomic E-state index is 11.9. The van der Waals surface area contributed by atoms with Gasteiger partial charge in [-0.3, -0.25) is 0 Å². The van der Waals surface area contributed by atoms with Crippen LogP contribution < -0.4 is 5.32 Å². The summed E-state index contributed by atoms with van der Waals surface area (Å²) in [5.74, 6) is 0. The van der Waals surface area contributed by atoms with Gasteiger partial charge in [0.05, 0.1) is 0 Å². The van der Waals surface area contributed by atoms with Crippen molar-refractivity contribution in [3.8, 4) is 0 Å². The molecule has 0 aliphatic carbocycles. The second-order valence-electron chi connectivity index (χ2n) is 2.07. The van der Waals surface area contributed by atoms with Crippen LogP contribution in [0.3, 0.4) is 0 Å². The number of nitrogens with one attached hydrogen (secondary N) is 1. The average molecular weight is 228 g/mol. The lowest BCUT2D eigenvalue weighted by Crippen LogP contribution is -2.38. The van der Waals surface area contributed by atoms with Gasteiger partial charge in [-0.05, 0) is 22.0 Å². The molecule has 1 rings (SSSR count). The van der Waals surface area contributed by atoms with Crippen LogP contribution in [0.15, 0.2) is 22.8 Å². The Morgan fingerprint density at radius 2 is 2.09 bits per heavy atom. The van der Waals surface area contributed by atoms with E-state index in [1.807, 2.05) is 0 Å². The molecule has 1 heterocycles. The molecule has 0 radical (unpaired) electrons. The highest BCUT2D eigenvalue weighted by atomic mass is 79.9. The summed E-state index contributed by atoms with van der Waals surface area (Å²) in [5.41, 5.74) is 0. The van der Waals surface area contributed by atoms with Gasteiger partial charge >= 0.3 is 6.18 Å². The largest absolute Gasteiger partial charge is 0.412 e. The molecule has 1 aliphatic rings. The molecule has 0 saturated heterocycles. The second kappa shape index (κ2) is 2.89. The van der Waals surface area contributed by atoms with Gasteiger partial charge in [-0.15, -0.1) is 0 Å². The lowest BCUT2D eigenvalue weighted by molar-refractivity contribution is -0.142. The Labute approximate surface area is 70.1 Å². The van der Waals surface area contributed by atoms with E-state index in [2.05, 4.69) is 21.2 Å². The fraction of sp³-hybridized carbons (Fsp3) is 0.333. The Hall–Kier alpha value is -0.450. The lowest BCUT2D eigenvalue weighted by atomic mass is 10.2. The Kier molecular flexibility index (Phi) is 2.27. The molecule has 0 aromatic heterocycles. The van der Waals surface area contributed by atoms with E-state index in [9.17, 15) is 13.2 Å². The van der Waals surface area contributed by atoms with E-state index >= 15 is 0 Å². The normalized spacial score (nSPS) is 24.4. The van der Waals surface area contributed by atoms with Gasteiger partial charge in [0, 0.05) is 10.7 Å². The van der Waals surface area contributed by atoms with Gasteiger partial charge in [-0.25, -0.2) is 0 Å². The molecule has 62 valence electrons. The summed E-state index contributed by atoms with van der Waals surface area (Å²) < 4.78 is 36.3. The van der Waals surface area contributed by atoms with E-state index in [0.717, 1.165) is 6.08 Å². The van der Waals surface area contributed by atoms with Crippen LogP contribution in [0.25, 0.3) is 0 Å². The maximum absolute atomic E-state index is 11.9. The molecule has 1 nitrogen and oxygen atoms in total. The lowest BCUT2D eigenvalue weighted by Gasteiger charge is -2.19. The molecule has 1 aliphatic heterocycles. The van der Waals surface area contributed by atoms with Crippen LogP contribution in [-0.2, 0) is 0 Å². The monoisotopic (exact) mass is 227 g/mol. The summed E-state index contributed by atoms with van der Waals surface area (Å²) in [5, 5.41) is 2.19. The summed E-state index contributed by atoms with van der Waals surface area (Å²) in [6.07, 6.45) is -0.502. The van der Waals surface area contributed by atoms with Gasteiger partial charge in [-0.2, -0.15) is 13.2 Å². The summed E-state index contributed by atoms with van der Waals surface area (Å²) in [7, 11) is 0. The van der Waals surface area contributed by atoms with E-state index in [4.69, 9.17) is 0 Å². The summed E-state index contributed by atoms with van der Waals surface area (Å²) >= 11 is 3.03. The predicted octanol–water partition coefficient (Wildman–Crippen LogP) is 2.31. The van der Waals surface area contributed by atoms with Crippen molar-refractivity contribution in [2.24, 2.45) is 0 Å². The Bertz CT molecular complexity index is 206. The zero-order valence-corrected chi connectivity index (χ0v) is 6.91. The van der Waals surface area contributed by atoms with Crippen LogP contribution >= 0.6 is 15.9 Å². The molecule has 1 N–H and O–H groups in total. The number of hydrogen-bond donors (Lipinski definition) is 1. The third-order valence-electron chi connectivity index (χ3n) is 1.20. The van der Waals surface area contributed by atoms with Gasteiger partial charge in [0.1, 0.15) is 6.04 Å². The first-order valence-electron chi connectivity index (χ1n) is 2.87. The number of halogens is 4. The Morgan fingerprint density at radius 1 is 1.45 bits per heavy atom. The summed E-state index contributed by atoms with van der Waals surface area (Å²) in [4.78, 5) is 0. The average Bonchev–Trinajstić information content (AvgIpc) is 1.86. The quantitative estimate of drug-likeness (QED) is 0.670. The van der Waals surface area contributed by atoms with Crippen molar-refractivity contribution in [3.63, 3.8) is 0 Å². The van der Waals surface area contributed by atoms with E-state index in [1.54, 1.807) is 0 Å². The summed E-state index contributed by atoms with van der Waals surface area (Å²) in [6, 6.07) is -1.55. The molecule has 0 amide bonds. The predicted molar refractivity (Wildman–Crippen MR) is 39.1 cm³/mol. The van der Waals surface area contributed by atoms with Crippen molar-refractivity contribution in [2.45, 2.75) is 12.2 Å². The fourth-order valence-corrected chi connectivity index (χ4v) is 0.950. The third kappa shape index (κ3) is 2.25. The molecule has 0 saturated carbocycles. The number of dihydropyridines is 1. The highest BCUT2D eigenvalue weighted by Crippen LogP contribution is 2.24. The SMILES string of the molecule is FC(F)(F)C1C=CC(Br)=CN1.